The smallest absolute Gasteiger partial charge is 0.287 e. The Bertz CT molecular complexity index is 1020. The van der Waals surface area contributed by atoms with Gasteiger partial charge in [-0.05, 0) is 36.2 Å². The highest BCUT2D eigenvalue weighted by Crippen LogP contribution is 2.21. The second-order valence-electron chi connectivity index (χ2n) is 6.43. The van der Waals surface area contributed by atoms with Crippen LogP contribution in [0, 0.1) is 11.7 Å². The van der Waals surface area contributed by atoms with Gasteiger partial charge < -0.3 is 10.6 Å². The molecule has 1 aromatic carbocycles. The molecule has 3 rings (SSSR count). The minimum atomic E-state index is -0.578. The van der Waals surface area contributed by atoms with Crippen molar-refractivity contribution in [2.45, 2.75) is 13.8 Å². The summed E-state index contributed by atoms with van der Waals surface area (Å²) in [4.78, 5) is 29.4. The molecule has 2 N–H and O–H groups in total. The molecular weight excluding hydrogens is 371 g/mol. The van der Waals surface area contributed by atoms with Crippen LogP contribution in [-0.2, 0) is 0 Å². The van der Waals surface area contributed by atoms with Crippen LogP contribution < -0.4 is 10.6 Å². The molecule has 0 aliphatic heterocycles. The topological polar surface area (TPSA) is 75.5 Å². The highest BCUT2D eigenvalue weighted by Gasteiger charge is 2.21. The molecule has 140 valence electrons. The fourth-order valence-electron chi connectivity index (χ4n) is 2.51. The number of halogens is 2. The zero-order valence-electron chi connectivity index (χ0n) is 14.8. The number of amides is 2. The number of nitrogens with one attached hydrogen (secondary N) is 2. The number of carbonyl (C=O) groups is 2. The number of carbonyl (C=O) groups excluding carboxylic acids is 2. The Labute approximate surface area is 160 Å². The third-order valence-corrected chi connectivity index (χ3v) is 4.10. The zero-order valence-corrected chi connectivity index (χ0v) is 15.5. The van der Waals surface area contributed by atoms with Crippen LogP contribution in [0.3, 0.4) is 0 Å². The van der Waals surface area contributed by atoms with Crippen LogP contribution in [-0.4, -0.2) is 27.7 Å². The van der Waals surface area contributed by atoms with Crippen LogP contribution in [0.25, 0.3) is 5.52 Å². The van der Waals surface area contributed by atoms with Gasteiger partial charge in [-0.25, -0.2) is 9.37 Å². The lowest BCUT2D eigenvalue weighted by Gasteiger charge is -2.06. The molecule has 2 amide bonds. The van der Waals surface area contributed by atoms with Crippen molar-refractivity contribution in [1.29, 1.82) is 0 Å². The number of anilines is 1. The van der Waals surface area contributed by atoms with Crippen molar-refractivity contribution in [3.63, 3.8) is 0 Å². The lowest BCUT2D eigenvalue weighted by molar-refractivity contribution is 0.0938. The Balaban J connectivity index is 1.93. The van der Waals surface area contributed by atoms with E-state index >= 15 is 0 Å². The molecule has 0 unspecified atom stereocenters. The van der Waals surface area contributed by atoms with Crippen molar-refractivity contribution in [2.75, 3.05) is 11.9 Å². The maximum Gasteiger partial charge on any atom is 0.287 e. The molecule has 0 aliphatic carbocycles. The second-order valence-corrected chi connectivity index (χ2v) is 6.83. The van der Waals surface area contributed by atoms with Crippen LogP contribution in [0.5, 0.6) is 0 Å². The quantitative estimate of drug-likeness (QED) is 0.698. The Hall–Kier alpha value is -2.93. The molecule has 0 saturated carbocycles. The Morgan fingerprint density at radius 3 is 2.70 bits per heavy atom. The van der Waals surface area contributed by atoms with Crippen molar-refractivity contribution in [3.05, 3.63) is 65.0 Å². The Morgan fingerprint density at radius 1 is 1.22 bits per heavy atom. The summed E-state index contributed by atoms with van der Waals surface area (Å²) in [6.45, 7) is 4.46. The van der Waals surface area contributed by atoms with E-state index in [9.17, 15) is 14.0 Å². The van der Waals surface area contributed by atoms with Crippen LogP contribution in [0.15, 0.2) is 42.6 Å². The van der Waals surface area contributed by atoms with Gasteiger partial charge in [-0.3, -0.25) is 14.0 Å². The molecular formula is C19H18ClFN4O2. The first-order chi connectivity index (χ1) is 12.9. The largest absolute Gasteiger partial charge is 0.349 e. The summed E-state index contributed by atoms with van der Waals surface area (Å²) in [7, 11) is 0. The van der Waals surface area contributed by atoms with Crippen LogP contribution in [0.4, 0.5) is 10.1 Å². The van der Waals surface area contributed by atoms with Crippen molar-refractivity contribution in [1.82, 2.24) is 14.7 Å². The summed E-state index contributed by atoms with van der Waals surface area (Å²) in [5.74, 6) is -1.07. The number of hydrogen-bond donors (Lipinski definition) is 2. The van der Waals surface area contributed by atoms with Gasteiger partial charge in [-0.15, -0.1) is 0 Å². The van der Waals surface area contributed by atoms with Gasteiger partial charge in [0.2, 0.25) is 5.82 Å². The van der Waals surface area contributed by atoms with E-state index in [-0.39, 0.29) is 28.4 Å². The molecule has 0 saturated heterocycles. The molecule has 0 aliphatic rings. The van der Waals surface area contributed by atoms with E-state index in [0.29, 0.717) is 17.7 Å². The van der Waals surface area contributed by atoms with Crippen molar-refractivity contribution < 1.29 is 14.0 Å². The predicted molar refractivity (Wildman–Crippen MR) is 102 cm³/mol. The van der Waals surface area contributed by atoms with E-state index in [1.165, 1.54) is 12.1 Å². The summed E-state index contributed by atoms with van der Waals surface area (Å²) in [5.41, 5.74) is 0.901. The average molecular weight is 389 g/mol. The first-order valence-corrected chi connectivity index (χ1v) is 8.76. The van der Waals surface area contributed by atoms with Gasteiger partial charge in [0.05, 0.1) is 10.5 Å². The molecule has 3 aromatic rings. The van der Waals surface area contributed by atoms with E-state index in [0.717, 1.165) is 6.07 Å². The Morgan fingerprint density at radius 2 is 2.00 bits per heavy atom. The number of nitrogens with zero attached hydrogens (tertiary/aromatic N) is 2. The van der Waals surface area contributed by atoms with Crippen LogP contribution in [0.1, 0.15) is 35.0 Å². The van der Waals surface area contributed by atoms with Crippen molar-refractivity contribution >= 4 is 34.6 Å². The van der Waals surface area contributed by atoms with E-state index in [1.807, 2.05) is 13.8 Å². The molecule has 0 bridgehead atoms. The highest BCUT2D eigenvalue weighted by atomic mass is 35.5. The lowest BCUT2D eigenvalue weighted by Crippen LogP contribution is -2.29. The molecule has 2 heterocycles. The van der Waals surface area contributed by atoms with Crippen molar-refractivity contribution in [2.24, 2.45) is 5.92 Å². The number of fused-ring (bicyclic) bond motifs is 1. The Kier molecular flexibility index (Phi) is 5.41. The lowest BCUT2D eigenvalue weighted by atomic mass is 10.2. The maximum absolute atomic E-state index is 13.3. The van der Waals surface area contributed by atoms with Gasteiger partial charge in [0.15, 0.2) is 5.69 Å². The molecule has 0 fully saturated rings. The number of aromatic nitrogens is 2. The predicted octanol–water partition coefficient (Wildman–Crippen LogP) is 3.76. The van der Waals surface area contributed by atoms with Gasteiger partial charge in [0, 0.05) is 18.4 Å². The molecule has 6 nitrogen and oxygen atoms in total. The molecule has 0 radical (unpaired) electrons. The standard InChI is InChI=1S/C19H18ClFN4O2/c1-11(2)10-22-19(27)17-24-16(15-5-3-4-8-25(15)17)18(26)23-12-6-7-14(21)13(20)9-12/h3-9,11H,10H2,1-2H3,(H,22,27)(H,23,26). The fourth-order valence-corrected chi connectivity index (χ4v) is 2.69. The van der Waals surface area contributed by atoms with Gasteiger partial charge >= 0.3 is 0 Å². The summed E-state index contributed by atoms with van der Waals surface area (Å²) in [5, 5.41) is 5.32. The minimum absolute atomic E-state index is 0.0887. The van der Waals surface area contributed by atoms with E-state index < -0.39 is 11.7 Å². The maximum atomic E-state index is 13.3. The van der Waals surface area contributed by atoms with Crippen molar-refractivity contribution in [3.8, 4) is 0 Å². The summed E-state index contributed by atoms with van der Waals surface area (Å²) in [6.07, 6.45) is 1.66. The second kappa shape index (κ2) is 7.75. The average Bonchev–Trinajstić information content (AvgIpc) is 3.02. The van der Waals surface area contributed by atoms with Gasteiger partial charge in [0.25, 0.3) is 11.8 Å². The third kappa shape index (κ3) is 4.09. The van der Waals surface area contributed by atoms with Crippen LogP contribution in [0.2, 0.25) is 5.02 Å². The summed E-state index contributed by atoms with van der Waals surface area (Å²) < 4.78 is 14.8. The number of imidazole rings is 1. The minimum Gasteiger partial charge on any atom is -0.349 e. The number of hydrogen-bond acceptors (Lipinski definition) is 3. The van der Waals surface area contributed by atoms with Gasteiger partial charge in [0.1, 0.15) is 5.82 Å². The molecule has 27 heavy (non-hydrogen) atoms. The first kappa shape index (κ1) is 18.8. The number of benzene rings is 1. The highest BCUT2D eigenvalue weighted by molar-refractivity contribution is 6.31. The van der Waals surface area contributed by atoms with Crippen LogP contribution >= 0.6 is 11.6 Å². The number of pyridine rings is 1. The first-order valence-electron chi connectivity index (χ1n) is 8.38. The monoisotopic (exact) mass is 388 g/mol. The van der Waals surface area contributed by atoms with E-state index in [2.05, 4.69) is 15.6 Å². The fraction of sp³-hybridized carbons (Fsp3) is 0.211. The van der Waals surface area contributed by atoms with Gasteiger partial charge in [-0.2, -0.15) is 0 Å². The van der Waals surface area contributed by atoms with E-state index in [1.54, 1.807) is 28.8 Å². The van der Waals surface area contributed by atoms with E-state index in [4.69, 9.17) is 11.6 Å². The molecule has 0 atom stereocenters. The number of rotatable bonds is 5. The zero-order chi connectivity index (χ0) is 19.6. The molecule has 8 heteroatoms. The van der Waals surface area contributed by atoms with Gasteiger partial charge in [-0.1, -0.05) is 31.5 Å². The summed E-state index contributed by atoms with van der Waals surface area (Å²) in [6, 6.07) is 9.05. The summed E-state index contributed by atoms with van der Waals surface area (Å²) >= 11 is 5.75. The molecule has 2 aromatic heterocycles. The SMILES string of the molecule is CC(C)CNC(=O)c1nc(C(=O)Nc2ccc(F)c(Cl)c2)c2ccccn12. The third-order valence-electron chi connectivity index (χ3n) is 3.81. The molecule has 0 spiro atoms. The normalized spacial score (nSPS) is 11.0.